The number of nitriles is 1. The predicted octanol–water partition coefficient (Wildman–Crippen LogP) is 2.65. The molecule has 0 spiro atoms. The highest BCUT2D eigenvalue weighted by molar-refractivity contribution is 8.00. The van der Waals surface area contributed by atoms with Crippen LogP contribution in [0.3, 0.4) is 0 Å². The molecular formula is C14H18N2O2S. The SMILES string of the molecule is COCCCSC(C)C(=O)Nc1ccccc1C#N. The van der Waals surface area contributed by atoms with Gasteiger partial charge in [-0.2, -0.15) is 5.26 Å². The minimum Gasteiger partial charge on any atom is -0.385 e. The molecule has 1 rings (SSSR count). The quantitative estimate of drug-likeness (QED) is 0.779. The van der Waals surface area contributed by atoms with Crippen molar-refractivity contribution >= 4 is 23.4 Å². The number of carbonyl (C=O) groups is 1. The van der Waals surface area contributed by atoms with Crippen LogP contribution in [0.25, 0.3) is 0 Å². The Kier molecular flexibility index (Phi) is 7.01. The second-order valence-corrected chi connectivity index (χ2v) is 5.45. The molecule has 1 N–H and O–H groups in total. The predicted molar refractivity (Wildman–Crippen MR) is 78.2 cm³/mol. The van der Waals surface area contributed by atoms with Gasteiger partial charge in [0.1, 0.15) is 6.07 Å². The Balaban J connectivity index is 2.48. The molecule has 0 saturated heterocycles. The fraction of sp³-hybridized carbons (Fsp3) is 0.429. The van der Waals surface area contributed by atoms with Crippen LogP contribution < -0.4 is 5.32 Å². The van der Waals surface area contributed by atoms with Crippen LogP contribution in [-0.4, -0.2) is 30.6 Å². The van der Waals surface area contributed by atoms with Gasteiger partial charge in [0.15, 0.2) is 0 Å². The number of hydrogen-bond acceptors (Lipinski definition) is 4. The summed E-state index contributed by atoms with van der Waals surface area (Å²) in [5.41, 5.74) is 1.05. The molecule has 1 amide bonds. The van der Waals surface area contributed by atoms with Crippen LogP contribution in [0.2, 0.25) is 0 Å². The van der Waals surface area contributed by atoms with E-state index >= 15 is 0 Å². The molecule has 19 heavy (non-hydrogen) atoms. The molecule has 1 aromatic carbocycles. The van der Waals surface area contributed by atoms with Crippen LogP contribution in [0.4, 0.5) is 5.69 Å². The van der Waals surface area contributed by atoms with Gasteiger partial charge in [-0.15, -0.1) is 11.8 Å². The zero-order valence-electron chi connectivity index (χ0n) is 11.2. The second-order valence-electron chi connectivity index (χ2n) is 4.01. The number of nitrogens with one attached hydrogen (secondary N) is 1. The first-order valence-corrected chi connectivity index (χ1v) is 7.14. The third kappa shape index (κ3) is 5.33. The molecule has 0 fully saturated rings. The molecule has 0 aliphatic rings. The lowest BCUT2D eigenvalue weighted by Crippen LogP contribution is -2.23. The molecule has 1 unspecified atom stereocenters. The maximum absolute atomic E-state index is 12.0. The normalized spacial score (nSPS) is 11.6. The van der Waals surface area contributed by atoms with Crippen molar-refractivity contribution in [2.75, 3.05) is 24.8 Å². The van der Waals surface area contributed by atoms with Crippen LogP contribution in [-0.2, 0) is 9.53 Å². The summed E-state index contributed by atoms with van der Waals surface area (Å²) in [7, 11) is 1.67. The molecule has 0 radical (unpaired) electrons. The van der Waals surface area contributed by atoms with E-state index in [1.165, 1.54) is 0 Å². The standard InChI is InChI=1S/C14H18N2O2S/c1-11(19-9-5-8-18-2)14(17)16-13-7-4-3-6-12(13)10-15/h3-4,6-7,11H,5,8-9H2,1-2H3,(H,16,17). The summed E-state index contributed by atoms with van der Waals surface area (Å²) in [6.07, 6.45) is 0.924. The Morgan fingerprint density at radius 1 is 1.53 bits per heavy atom. The topological polar surface area (TPSA) is 62.1 Å². The minimum atomic E-state index is -0.149. The Morgan fingerprint density at radius 3 is 2.95 bits per heavy atom. The molecule has 0 saturated carbocycles. The van der Waals surface area contributed by atoms with E-state index in [1.54, 1.807) is 43.1 Å². The molecule has 0 bridgehead atoms. The summed E-state index contributed by atoms with van der Waals surface area (Å²) < 4.78 is 4.96. The average Bonchev–Trinajstić information content (AvgIpc) is 2.44. The van der Waals surface area contributed by atoms with E-state index in [1.807, 2.05) is 6.92 Å². The molecule has 0 aliphatic heterocycles. The van der Waals surface area contributed by atoms with Crippen LogP contribution in [0.5, 0.6) is 0 Å². The first kappa shape index (κ1) is 15.5. The van der Waals surface area contributed by atoms with E-state index in [0.717, 1.165) is 12.2 Å². The monoisotopic (exact) mass is 278 g/mol. The molecular weight excluding hydrogens is 260 g/mol. The molecule has 0 aliphatic carbocycles. The number of benzene rings is 1. The van der Waals surface area contributed by atoms with E-state index < -0.39 is 0 Å². The Bertz CT molecular complexity index is 457. The summed E-state index contributed by atoms with van der Waals surface area (Å²) in [6.45, 7) is 2.57. The summed E-state index contributed by atoms with van der Waals surface area (Å²) in [6, 6.07) is 9.06. The highest BCUT2D eigenvalue weighted by atomic mass is 32.2. The second kappa shape index (κ2) is 8.57. The molecule has 5 heteroatoms. The van der Waals surface area contributed by atoms with E-state index in [0.29, 0.717) is 17.9 Å². The fourth-order valence-corrected chi connectivity index (χ4v) is 2.31. The van der Waals surface area contributed by atoms with Crippen molar-refractivity contribution in [1.29, 1.82) is 5.26 Å². The van der Waals surface area contributed by atoms with Gasteiger partial charge in [-0.1, -0.05) is 12.1 Å². The van der Waals surface area contributed by atoms with Crippen molar-refractivity contribution in [1.82, 2.24) is 0 Å². The van der Waals surface area contributed by atoms with Crippen molar-refractivity contribution in [3.05, 3.63) is 29.8 Å². The number of methoxy groups -OCH3 is 1. The number of thioether (sulfide) groups is 1. The third-order valence-electron chi connectivity index (χ3n) is 2.54. The van der Waals surface area contributed by atoms with Gasteiger partial charge in [-0.25, -0.2) is 0 Å². The highest BCUT2D eigenvalue weighted by Crippen LogP contribution is 2.17. The summed E-state index contributed by atoms with van der Waals surface area (Å²) in [5.74, 6) is 0.799. The van der Waals surface area contributed by atoms with Gasteiger partial charge in [-0.05, 0) is 31.2 Å². The Hall–Kier alpha value is -1.51. The smallest absolute Gasteiger partial charge is 0.237 e. The zero-order chi connectivity index (χ0) is 14.1. The maximum atomic E-state index is 12.0. The van der Waals surface area contributed by atoms with E-state index in [4.69, 9.17) is 10.00 Å². The van der Waals surface area contributed by atoms with E-state index in [2.05, 4.69) is 11.4 Å². The molecule has 0 heterocycles. The van der Waals surface area contributed by atoms with Crippen molar-refractivity contribution in [3.8, 4) is 6.07 Å². The van der Waals surface area contributed by atoms with Crippen molar-refractivity contribution in [2.24, 2.45) is 0 Å². The number of nitrogens with zero attached hydrogens (tertiary/aromatic N) is 1. The van der Waals surface area contributed by atoms with Gasteiger partial charge in [0.25, 0.3) is 0 Å². The molecule has 4 nitrogen and oxygen atoms in total. The van der Waals surface area contributed by atoms with Crippen LogP contribution in [0.1, 0.15) is 18.9 Å². The van der Waals surface area contributed by atoms with Crippen LogP contribution in [0, 0.1) is 11.3 Å². The van der Waals surface area contributed by atoms with Crippen molar-refractivity contribution < 1.29 is 9.53 Å². The van der Waals surface area contributed by atoms with Gasteiger partial charge >= 0.3 is 0 Å². The average molecular weight is 278 g/mol. The van der Waals surface area contributed by atoms with Crippen molar-refractivity contribution in [2.45, 2.75) is 18.6 Å². The largest absolute Gasteiger partial charge is 0.385 e. The zero-order valence-corrected chi connectivity index (χ0v) is 12.0. The van der Waals surface area contributed by atoms with E-state index in [9.17, 15) is 4.79 Å². The molecule has 1 atom stereocenters. The number of rotatable bonds is 7. The van der Waals surface area contributed by atoms with Crippen molar-refractivity contribution in [3.63, 3.8) is 0 Å². The highest BCUT2D eigenvalue weighted by Gasteiger charge is 2.14. The van der Waals surface area contributed by atoms with Gasteiger partial charge in [0.05, 0.1) is 16.5 Å². The number of para-hydroxylation sites is 1. The number of amides is 1. The lowest BCUT2D eigenvalue weighted by Gasteiger charge is -2.12. The van der Waals surface area contributed by atoms with Crippen LogP contribution >= 0.6 is 11.8 Å². The minimum absolute atomic E-state index is 0.0786. The Morgan fingerprint density at radius 2 is 2.26 bits per heavy atom. The third-order valence-corrected chi connectivity index (χ3v) is 3.77. The van der Waals surface area contributed by atoms with Gasteiger partial charge in [0, 0.05) is 13.7 Å². The number of carbonyl (C=O) groups excluding carboxylic acids is 1. The number of ether oxygens (including phenoxy) is 1. The molecule has 0 aromatic heterocycles. The lowest BCUT2D eigenvalue weighted by molar-refractivity contribution is -0.115. The lowest BCUT2D eigenvalue weighted by atomic mass is 10.2. The first-order valence-electron chi connectivity index (χ1n) is 6.09. The number of anilines is 1. The number of hydrogen-bond donors (Lipinski definition) is 1. The van der Waals surface area contributed by atoms with Gasteiger partial charge in [0.2, 0.25) is 5.91 Å². The summed E-state index contributed by atoms with van der Waals surface area (Å²) in [5, 5.41) is 11.6. The maximum Gasteiger partial charge on any atom is 0.237 e. The fourth-order valence-electron chi connectivity index (χ4n) is 1.46. The van der Waals surface area contributed by atoms with Gasteiger partial charge in [-0.3, -0.25) is 4.79 Å². The Labute approximate surface area is 118 Å². The first-order chi connectivity index (χ1) is 9.19. The van der Waals surface area contributed by atoms with Crippen LogP contribution in [0.15, 0.2) is 24.3 Å². The summed E-state index contributed by atoms with van der Waals surface area (Å²) in [4.78, 5) is 12.0. The van der Waals surface area contributed by atoms with Gasteiger partial charge < -0.3 is 10.1 Å². The van der Waals surface area contributed by atoms with E-state index in [-0.39, 0.29) is 11.2 Å². The molecule has 1 aromatic rings. The summed E-state index contributed by atoms with van der Waals surface area (Å²) >= 11 is 1.58. The molecule has 102 valence electrons.